The Balaban J connectivity index is 3.08. The summed E-state index contributed by atoms with van der Waals surface area (Å²) in [6.45, 7) is 3.91. The van der Waals surface area contributed by atoms with Crippen LogP contribution in [0.5, 0.6) is 0 Å². The number of anilines is 1. The summed E-state index contributed by atoms with van der Waals surface area (Å²) in [6, 6.07) is 1.40. The van der Waals surface area contributed by atoms with Crippen molar-refractivity contribution in [1.29, 1.82) is 0 Å². The largest absolute Gasteiger partial charge is 0.373 e. The normalized spacial score (nSPS) is 10.3. The lowest BCUT2D eigenvalue weighted by molar-refractivity contribution is -0.385. The first kappa shape index (κ1) is 14.9. The number of hydrogen-bond acceptors (Lipinski definition) is 5. The number of nitrogens with one attached hydrogen (secondary N) is 2. The maximum Gasteiger partial charge on any atom is 0.300 e. The fourth-order valence-corrected chi connectivity index (χ4v) is 1.67. The molecule has 1 rings (SSSR count). The molecule has 0 unspecified atom stereocenters. The molecule has 1 amide bonds. The maximum atomic E-state index is 12.1. The summed E-state index contributed by atoms with van der Waals surface area (Å²) in [5, 5.41) is 16.5. The summed E-state index contributed by atoms with van der Waals surface area (Å²) in [7, 11) is 1.64. The molecule has 0 saturated carbocycles. The van der Waals surface area contributed by atoms with E-state index < -0.39 is 10.8 Å². The number of amides is 1. The highest BCUT2D eigenvalue weighted by atomic mass is 16.6. The van der Waals surface area contributed by atoms with E-state index in [9.17, 15) is 14.9 Å². The van der Waals surface area contributed by atoms with E-state index in [4.69, 9.17) is 0 Å². The van der Waals surface area contributed by atoms with Gasteiger partial charge in [-0.1, -0.05) is 13.8 Å². The zero-order chi connectivity index (χ0) is 14.4. The van der Waals surface area contributed by atoms with Crippen molar-refractivity contribution in [2.24, 2.45) is 0 Å². The van der Waals surface area contributed by atoms with Crippen LogP contribution >= 0.6 is 0 Å². The molecule has 0 atom stereocenters. The van der Waals surface area contributed by atoms with Crippen molar-refractivity contribution in [3.05, 3.63) is 27.9 Å². The van der Waals surface area contributed by atoms with Crippen LogP contribution < -0.4 is 10.6 Å². The molecule has 19 heavy (non-hydrogen) atoms. The molecule has 0 fully saturated rings. The van der Waals surface area contributed by atoms with Gasteiger partial charge in [0.25, 0.3) is 11.6 Å². The van der Waals surface area contributed by atoms with Crippen molar-refractivity contribution < 1.29 is 9.72 Å². The average Bonchev–Trinajstić information content (AvgIpc) is 2.43. The van der Waals surface area contributed by atoms with E-state index in [0.29, 0.717) is 5.82 Å². The Kier molecular flexibility index (Phi) is 5.23. The minimum absolute atomic E-state index is 0.0123. The summed E-state index contributed by atoms with van der Waals surface area (Å²) in [6.07, 6.45) is 2.65. The summed E-state index contributed by atoms with van der Waals surface area (Å²) in [5.41, 5.74) is -0.265. The number of carbonyl (C=O) groups excluding carboxylic acids is 1. The molecule has 1 aromatic heterocycles. The zero-order valence-corrected chi connectivity index (χ0v) is 11.3. The molecule has 0 aliphatic rings. The fraction of sp³-hybridized carbons (Fsp3) is 0.500. The fourth-order valence-electron chi connectivity index (χ4n) is 1.67. The van der Waals surface area contributed by atoms with Crippen LogP contribution in [0.25, 0.3) is 0 Å². The molecular weight excluding hydrogens is 248 g/mol. The van der Waals surface area contributed by atoms with Gasteiger partial charge in [0.1, 0.15) is 17.6 Å². The minimum Gasteiger partial charge on any atom is -0.373 e. The molecule has 0 aliphatic carbocycles. The van der Waals surface area contributed by atoms with Crippen LogP contribution in [-0.2, 0) is 0 Å². The van der Waals surface area contributed by atoms with Crippen LogP contribution in [0.4, 0.5) is 11.5 Å². The Bertz CT molecular complexity index is 472. The predicted octanol–water partition coefficient (Wildman–Crippen LogP) is 1.95. The van der Waals surface area contributed by atoms with Gasteiger partial charge in [-0.3, -0.25) is 14.9 Å². The van der Waals surface area contributed by atoms with Gasteiger partial charge >= 0.3 is 0 Å². The highest BCUT2D eigenvalue weighted by molar-refractivity contribution is 5.98. The summed E-state index contributed by atoms with van der Waals surface area (Å²) < 4.78 is 0. The maximum absolute atomic E-state index is 12.1. The first-order chi connectivity index (χ1) is 9.03. The topological polar surface area (TPSA) is 97.2 Å². The number of hydrogen-bond donors (Lipinski definition) is 2. The van der Waals surface area contributed by atoms with E-state index >= 15 is 0 Å². The molecule has 104 valence electrons. The second kappa shape index (κ2) is 6.67. The van der Waals surface area contributed by atoms with Crippen LogP contribution in [0.1, 0.15) is 37.0 Å². The number of rotatable bonds is 6. The molecule has 2 N–H and O–H groups in total. The standard InChI is InChI=1S/C12H18N4O3/c1-4-8(5-2)15-12(17)9-6-11(13-3)14-7-10(9)16(18)19/h6-8H,4-5H2,1-3H3,(H,13,14)(H,15,17). The summed E-state index contributed by atoms with van der Waals surface area (Å²) >= 11 is 0. The van der Waals surface area contributed by atoms with Gasteiger partial charge in [-0.15, -0.1) is 0 Å². The van der Waals surface area contributed by atoms with E-state index in [0.717, 1.165) is 19.0 Å². The van der Waals surface area contributed by atoms with Gasteiger partial charge in [-0.25, -0.2) is 4.98 Å². The lowest BCUT2D eigenvalue weighted by Crippen LogP contribution is -2.34. The molecular formula is C12H18N4O3. The third-order valence-electron chi connectivity index (χ3n) is 2.90. The number of nitro groups is 1. The summed E-state index contributed by atoms with van der Waals surface area (Å²) in [5.74, 6) is -0.0282. The van der Waals surface area contributed by atoms with Crippen LogP contribution in [-0.4, -0.2) is 28.9 Å². The number of aromatic nitrogens is 1. The first-order valence-electron chi connectivity index (χ1n) is 6.16. The van der Waals surface area contributed by atoms with Crippen molar-refractivity contribution in [1.82, 2.24) is 10.3 Å². The van der Waals surface area contributed by atoms with E-state index in [2.05, 4.69) is 15.6 Å². The Morgan fingerprint density at radius 3 is 2.58 bits per heavy atom. The first-order valence-corrected chi connectivity index (χ1v) is 6.16. The van der Waals surface area contributed by atoms with E-state index in [1.807, 2.05) is 13.8 Å². The van der Waals surface area contributed by atoms with Gasteiger partial charge in [0.05, 0.1) is 4.92 Å². The molecule has 1 heterocycles. The lowest BCUT2D eigenvalue weighted by Gasteiger charge is -2.14. The van der Waals surface area contributed by atoms with Gasteiger partial charge in [0, 0.05) is 19.2 Å². The lowest BCUT2D eigenvalue weighted by atomic mass is 10.1. The van der Waals surface area contributed by atoms with Crippen molar-refractivity contribution in [2.45, 2.75) is 32.7 Å². The second-order valence-corrected chi connectivity index (χ2v) is 4.08. The molecule has 7 heteroatoms. The molecule has 1 aromatic rings. The zero-order valence-electron chi connectivity index (χ0n) is 11.3. The Labute approximate surface area is 111 Å². The molecule has 0 aromatic carbocycles. The number of carbonyl (C=O) groups is 1. The molecule has 0 bridgehead atoms. The van der Waals surface area contributed by atoms with Crippen molar-refractivity contribution >= 4 is 17.4 Å². The van der Waals surface area contributed by atoms with E-state index in [1.165, 1.54) is 6.07 Å². The Hall–Kier alpha value is -2.18. The van der Waals surface area contributed by atoms with Gasteiger partial charge in [-0.05, 0) is 12.8 Å². The highest BCUT2D eigenvalue weighted by Crippen LogP contribution is 2.20. The SMILES string of the molecule is CCC(CC)NC(=O)c1cc(NC)ncc1[N+](=O)[O-]. The van der Waals surface area contributed by atoms with Gasteiger partial charge in [0.2, 0.25) is 0 Å². The number of nitrogens with zero attached hydrogens (tertiary/aromatic N) is 2. The Morgan fingerprint density at radius 1 is 1.47 bits per heavy atom. The molecule has 0 spiro atoms. The third kappa shape index (κ3) is 3.64. The summed E-state index contributed by atoms with van der Waals surface area (Å²) in [4.78, 5) is 26.3. The van der Waals surface area contributed by atoms with Gasteiger partial charge in [-0.2, -0.15) is 0 Å². The third-order valence-corrected chi connectivity index (χ3v) is 2.90. The monoisotopic (exact) mass is 266 g/mol. The predicted molar refractivity (Wildman–Crippen MR) is 72.3 cm³/mol. The minimum atomic E-state index is -0.603. The van der Waals surface area contributed by atoms with Gasteiger partial charge < -0.3 is 10.6 Å². The molecule has 7 nitrogen and oxygen atoms in total. The van der Waals surface area contributed by atoms with Crippen molar-refractivity contribution in [3.63, 3.8) is 0 Å². The van der Waals surface area contributed by atoms with Gasteiger partial charge in [0.15, 0.2) is 0 Å². The van der Waals surface area contributed by atoms with Crippen LogP contribution in [0.2, 0.25) is 0 Å². The highest BCUT2D eigenvalue weighted by Gasteiger charge is 2.22. The average molecular weight is 266 g/mol. The van der Waals surface area contributed by atoms with Crippen molar-refractivity contribution in [3.8, 4) is 0 Å². The number of pyridine rings is 1. The quantitative estimate of drug-likeness (QED) is 0.606. The van der Waals surface area contributed by atoms with Crippen LogP contribution in [0, 0.1) is 10.1 Å². The molecule has 0 saturated heterocycles. The Morgan fingerprint density at radius 2 is 2.11 bits per heavy atom. The van der Waals surface area contributed by atoms with E-state index in [-0.39, 0.29) is 17.3 Å². The van der Waals surface area contributed by atoms with E-state index in [1.54, 1.807) is 7.05 Å². The smallest absolute Gasteiger partial charge is 0.300 e. The van der Waals surface area contributed by atoms with Crippen LogP contribution in [0.3, 0.4) is 0 Å². The van der Waals surface area contributed by atoms with Crippen molar-refractivity contribution in [2.75, 3.05) is 12.4 Å². The molecule has 0 radical (unpaired) electrons. The van der Waals surface area contributed by atoms with Crippen LogP contribution in [0.15, 0.2) is 12.3 Å². The molecule has 0 aliphatic heterocycles. The second-order valence-electron chi connectivity index (χ2n) is 4.08.